The van der Waals surface area contributed by atoms with E-state index in [0.29, 0.717) is 13.0 Å². The molecular weight excluding hydrogens is 477 g/mol. The molecule has 13 heteroatoms. The summed E-state index contributed by atoms with van der Waals surface area (Å²) >= 11 is 0. The molecule has 1 fully saturated rings. The Balaban J connectivity index is 2.12. The number of hydrogen-bond acceptors (Lipinski definition) is 4. The molecule has 34 heavy (non-hydrogen) atoms. The molecule has 3 rings (SSSR count). The number of nitrogens with one attached hydrogen (secondary N) is 1. The van der Waals surface area contributed by atoms with Crippen LogP contribution in [0.3, 0.4) is 0 Å². The predicted molar refractivity (Wildman–Crippen MR) is 105 cm³/mol. The van der Waals surface area contributed by atoms with E-state index in [4.69, 9.17) is 4.74 Å². The van der Waals surface area contributed by atoms with Crippen molar-refractivity contribution in [3.8, 4) is 5.75 Å². The molecule has 4 atom stereocenters. The van der Waals surface area contributed by atoms with Crippen molar-refractivity contribution in [1.82, 2.24) is 4.57 Å². The number of halogens is 7. The average Bonchev–Trinajstić information content (AvgIpc) is 3.00. The normalized spacial score (nSPS) is 25.0. The molecule has 2 heterocycles. The Bertz CT molecular complexity index is 1150. The highest BCUT2D eigenvalue weighted by Crippen LogP contribution is 2.55. The quantitative estimate of drug-likeness (QED) is 0.626. The zero-order valence-electron chi connectivity index (χ0n) is 17.9. The van der Waals surface area contributed by atoms with E-state index in [1.165, 1.54) is 23.9 Å². The number of pyridine rings is 1. The smallest absolute Gasteiger partial charge is 0.417 e. The number of carbonyl (C=O) groups is 1. The summed E-state index contributed by atoms with van der Waals surface area (Å²) in [4.78, 5) is 24.8. The highest BCUT2D eigenvalue weighted by Gasteiger charge is 2.66. The van der Waals surface area contributed by atoms with Crippen LogP contribution >= 0.6 is 0 Å². The second-order valence-electron chi connectivity index (χ2n) is 7.97. The van der Waals surface area contributed by atoms with Crippen molar-refractivity contribution in [2.45, 2.75) is 44.3 Å². The van der Waals surface area contributed by atoms with Gasteiger partial charge in [0, 0.05) is 42.4 Å². The minimum Gasteiger partial charge on any atom is -0.431 e. The van der Waals surface area contributed by atoms with Gasteiger partial charge in [-0.05, 0) is 19.1 Å². The van der Waals surface area contributed by atoms with Gasteiger partial charge in [-0.15, -0.1) is 0 Å². The van der Waals surface area contributed by atoms with Crippen LogP contribution in [-0.2, 0) is 16.6 Å². The third-order valence-corrected chi connectivity index (χ3v) is 5.95. The first-order valence-electron chi connectivity index (χ1n) is 9.82. The Kier molecular flexibility index (Phi) is 6.71. The monoisotopic (exact) mass is 496 g/mol. The van der Waals surface area contributed by atoms with E-state index in [-0.39, 0.29) is 5.69 Å². The molecule has 186 valence electrons. The zero-order valence-corrected chi connectivity index (χ0v) is 17.9. The molecule has 0 unspecified atom stereocenters. The van der Waals surface area contributed by atoms with Gasteiger partial charge in [0.2, 0.25) is 5.82 Å². The maximum Gasteiger partial charge on any atom is 0.417 e. The van der Waals surface area contributed by atoms with E-state index in [1.54, 1.807) is 0 Å². The number of amides is 1. The van der Waals surface area contributed by atoms with Crippen LogP contribution in [-0.4, -0.2) is 35.0 Å². The van der Waals surface area contributed by atoms with Crippen molar-refractivity contribution in [2.24, 2.45) is 13.0 Å². The van der Waals surface area contributed by atoms with Gasteiger partial charge in [0.25, 0.3) is 11.5 Å². The number of rotatable bonds is 5. The molecule has 1 N–H and O–H groups in total. The topological polar surface area (TPSA) is 69.6 Å². The van der Waals surface area contributed by atoms with E-state index in [1.807, 2.05) is 0 Å². The van der Waals surface area contributed by atoms with Gasteiger partial charge in [0.05, 0.1) is 0 Å². The molecule has 0 spiro atoms. The molecule has 1 saturated heterocycles. The fraction of sp³-hybridized carbons (Fsp3) is 0.429. The molecule has 1 aromatic carbocycles. The van der Waals surface area contributed by atoms with E-state index in [9.17, 15) is 40.3 Å². The fourth-order valence-electron chi connectivity index (χ4n) is 3.88. The van der Waals surface area contributed by atoms with Crippen molar-refractivity contribution in [2.75, 3.05) is 5.32 Å². The second-order valence-corrected chi connectivity index (χ2v) is 7.97. The van der Waals surface area contributed by atoms with Crippen molar-refractivity contribution >= 4 is 11.6 Å². The Labute approximate surface area is 188 Å². The Morgan fingerprint density at radius 1 is 1.24 bits per heavy atom. The summed E-state index contributed by atoms with van der Waals surface area (Å²) in [6.07, 6.45) is -5.72. The van der Waals surface area contributed by atoms with Crippen LogP contribution in [0.2, 0.25) is 0 Å². The first-order chi connectivity index (χ1) is 15.7. The van der Waals surface area contributed by atoms with Gasteiger partial charge in [-0.2, -0.15) is 26.3 Å². The van der Waals surface area contributed by atoms with Crippen molar-refractivity contribution in [1.29, 1.82) is 0 Å². The van der Waals surface area contributed by atoms with Crippen LogP contribution in [0.1, 0.15) is 25.3 Å². The number of aromatic nitrogens is 1. The number of nitrogens with zero attached hydrogens (tertiary/aromatic N) is 1. The van der Waals surface area contributed by atoms with Gasteiger partial charge < -0.3 is 19.4 Å². The summed E-state index contributed by atoms with van der Waals surface area (Å²) in [6, 6.07) is 3.58. The highest BCUT2D eigenvalue weighted by molar-refractivity contribution is 5.95. The minimum atomic E-state index is -5.02. The van der Waals surface area contributed by atoms with Crippen LogP contribution in [0, 0.1) is 17.6 Å². The SMILES string of the molecule is C[C@H]1[C@@H](c2ccc(F)c(F)c2OC(F)F)[C@H](C(=O)Nc2ccn(C)c(=O)c2)O[C@@]1(C)C(F)(F)F. The summed E-state index contributed by atoms with van der Waals surface area (Å²) < 4.78 is 106. The van der Waals surface area contributed by atoms with Crippen LogP contribution in [0.15, 0.2) is 35.3 Å². The van der Waals surface area contributed by atoms with Gasteiger partial charge in [-0.3, -0.25) is 9.59 Å². The number of benzene rings is 1. The minimum absolute atomic E-state index is 0.0712. The fourth-order valence-corrected chi connectivity index (χ4v) is 3.88. The lowest BCUT2D eigenvalue weighted by atomic mass is 9.77. The van der Waals surface area contributed by atoms with Crippen molar-refractivity contribution in [3.63, 3.8) is 0 Å². The van der Waals surface area contributed by atoms with Gasteiger partial charge in [0.1, 0.15) is 6.10 Å². The molecule has 1 aliphatic heterocycles. The second kappa shape index (κ2) is 8.93. The predicted octanol–water partition coefficient (Wildman–Crippen LogP) is 4.34. The summed E-state index contributed by atoms with van der Waals surface area (Å²) in [7, 11) is 1.42. The lowest BCUT2D eigenvalue weighted by Crippen LogP contribution is -2.47. The summed E-state index contributed by atoms with van der Waals surface area (Å²) in [5.41, 5.74) is -4.18. The lowest BCUT2D eigenvalue weighted by Gasteiger charge is -2.32. The first-order valence-corrected chi connectivity index (χ1v) is 9.82. The van der Waals surface area contributed by atoms with E-state index in [0.717, 1.165) is 19.1 Å². The molecule has 2 aromatic rings. The molecule has 1 aliphatic rings. The number of aryl methyl sites for hydroxylation is 1. The van der Waals surface area contributed by atoms with Gasteiger partial charge in [0.15, 0.2) is 17.2 Å². The lowest BCUT2D eigenvalue weighted by molar-refractivity contribution is -0.272. The molecule has 0 saturated carbocycles. The zero-order chi connectivity index (χ0) is 25.6. The number of ether oxygens (including phenoxy) is 2. The van der Waals surface area contributed by atoms with Crippen molar-refractivity contribution in [3.05, 3.63) is 58.0 Å². The standard InChI is InChI=1S/C21H19F7N2O4/c1-9-14(11-4-5-12(22)15(23)16(11)33-19(24)25)17(34-20(9,2)21(26,27)28)18(32)29-10-6-7-30(3)13(31)8-10/h4-9,14,17,19H,1-3H3,(H,29,32)/t9-,14-,17+,20+/m0/s1. The molecule has 0 bridgehead atoms. The van der Waals surface area contributed by atoms with Gasteiger partial charge >= 0.3 is 12.8 Å². The van der Waals surface area contributed by atoms with E-state index < -0.39 is 70.7 Å². The largest absolute Gasteiger partial charge is 0.431 e. The summed E-state index contributed by atoms with van der Waals surface area (Å²) in [6.45, 7) is -1.93. The number of carbonyl (C=O) groups excluding carboxylic acids is 1. The molecule has 6 nitrogen and oxygen atoms in total. The average molecular weight is 496 g/mol. The van der Waals surface area contributed by atoms with Crippen LogP contribution in [0.4, 0.5) is 36.4 Å². The third kappa shape index (κ3) is 4.48. The highest BCUT2D eigenvalue weighted by atomic mass is 19.4. The first kappa shape index (κ1) is 25.5. The molecular formula is C21H19F7N2O4. The van der Waals surface area contributed by atoms with Crippen LogP contribution in [0.25, 0.3) is 0 Å². The summed E-state index contributed by atoms with van der Waals surface area (Å²) in [5.74, 6) is -9.22. The molecule has 0 aliphatic carbocycles. The van der Waals surface area contributed by atoms with Gasteiger partial charge in [-0.1, -0.05) is 13.0 Å². The van der Waals surface area contributed by atoms with Crippen molar-refractivity contribution < 1.29 is 45.0 Å². The maximum atomic E-state index is 14.4. The Hall–Kier alpha value is -3.09. The third-order valence-electron chi connectivity index (χ3n) is 5.95. The molecule has 1 amide bonds. The van der Waals surface area contributed by atoms with Crippen LogP contribution < -0.4 is 15.6 Å². The molecule has 1 aromatic heterocycles. The number of alkyl halides is 5. The Morgan fingerprint density at radius 2 is 1.88 bits per heavy atom. The van der Waals surface area contributed by atoms with Crippen LogP contribution in [0.5, 0.6) is 5.75 Å². The molecule has 0 radical (unpaired) electrons. The summed E-state index contributed by atoms with van der Waals surface area (Å²) in [5, 5.41) is 2.25. The van der Waals surface area contributed by atoms with E-state index in [2.05, 4.69) is 10.1 Å². The number of anilines is 1. The van der Waals surface area contributed by atoms with Gasteiger partial charge in [-0.25, -0.2) is 4.39 Å². The van der Waals surface area contributed by atoms with E-state index >= 15 is 0 Å². The number of hydrogen-bond donors (Lipinski definition) is 1. The Morgan fingerprint density at radius 3 is 2.44 bits per heavy atom. The maximum absolute atomic E-state index is 14.4.